The molecule has 0 aliphatic rings. The van der Waals surface area contributed by atoms with E-state index in [-0.39, 0.29) is 5.69 Å². The van der Waals surface area contributed by atoms with Gasteiger partial charge in [-0.1, -0.05) is 6.92 Å². The van der Waals surface area contributed by atoms with Crippen LogP contribution in [0.5, 0.6) is 0 Å². The van der Waals surface area contributed by atoms with Crippen LogP contribution < -0.4 is 16.6 Å². The fourth-order valence-corrected chi connectivity index (χ4v) is 1.88. The number of nitrogens with two attached hydrogens (primary N) is 1. The van der Waals surface area contributed by atoms with E-state index >= 15 is 0 Å². The molecule has 21 heavy (non-hydrogen) atoms. The second kappa shape index (κ2) is 6.45. The molecule has 1 heterocycles. The third-order valence-electron chi connectivity index (χ3n) is 2.99. The van der Waals surface area contributed by atoms with Crippen LogP contribution in [-0.2, 0) is 6.42 Å². The van der Waals surface area contributed by atoms with E-state index in [9.17, 15) is 8.78 Å². The Morgan fingerprint density at radius 3 is 2.52 bits per heavy atom. The summed E-state index contributed by atoms with van der Waals surface area (Å²) in [6, 6.07) is 3.31. The first-order valence-corrected chi connectivity index (χ1v) is 6.61. The molecule has 2 rings (SSSR count). The van der Waals surface area contributed by atoms with Gasteiger partial charge in [0, 0.05) is 18.1 Å². The minimum Gasteiger partial charge on any atom is -0.337 e. The third-order valence-corrected chi connectivity index (χ3v) is 2.99. The number of nitrogen functional groups attached to an aromatic ring is 1. The van der Waals surface area contributed by atoms with Crippen molar-refractivity contribution in [2.45, 2.75) is 26.7 Å². The fourth-order valence-electron chi connectivity index (χ4n) is 1.88. The molecule has 112 valence electrons. The molecule has 0 saturated carbocycles. The highest BCUT2D eigenvalue weighted by Crippen LogP contribution is 2.25. The number of hydrogen-bond acceptors (Lipinski definition) is 5. The Kier molecular flexibility index (Phi) is 4.64. The van der Waals surface area contributed by atoms with Crippen LogP contribution in [0.1, 0.15) is 24.7 Å². The molecule has 0 aliphatic heterocycles. The highest BCUT2D eigenvalue weighted by molar-refractivity contribution is 5.64. The molecule has 1 aromatic carbocycles. The van der Waals surface area contributed by atoms with E-state index in [4.69, 9.17) is 5.84 Å². The van der Waals surface area contributed by atoms with Crippen molar-refractivity contribution in [2.24, 2.45) is 5.84 Å². The lowest BCUT2D eigenvalue weighted by Crippen LogP contribution is -2.14. The summed E-state index contributed by atoms with van der Waals surface area (Å²) in [5.41, 5.74) is 3.30. The molecular formula is C14H17F2N5. The molecule has 0 aliphatic carbocycles. The summed E-state index contributed by atoms with van der Waals surface area (Å²) >= 11 is 0. The monoisotopic (exact) mass is 293 g/mol. The third kappa shape index (κ3) is 3.43. The van der Waals surface area contributed by atoms with Gasteiger partial charge in [0.15, 0.2) is 0 Å². The van der Waals surface area contributed by atoms with Gasteiger partial charge in [0.05, 0.1) is 5.69 Å². The van der Waals surface area contributed by atoms with Crippen LogP contribution in [0.15, 0.2) is 18.2 Å². The van der Waals surface area contributed by atoms with Crippen LogP contribution in [0.3, 0.4) is 0 Å². The second-order valence-electron chi connectivity index (χ2n) is 4.61. The van der Waals surface area contributed by atoms with E-state index in [1.807, 2.05) is 6.92 Å². The first-order chi connectivity index (χ1) is 10.0. The van der Waals surface area contributed by atoms with Gasteiger partial charge < -0.3 is 10.7 Å². The Morgan fingerprint density at radius 2 is 1.90 bits per heavy atom. The van der Waals surface area contributed by atoms with Crippen molar-refractivity contribution in [3.63, 3.8) is 0 Å². The average molecular weight is 293 g/mol. The summed E-state index contributed by atoms with van der Waals surface area (Å²) in [7, 11) is 0. The number of rotatable bonds is 5. The Balaban J connectivity index is 2.40. The lowest BCUT2D eigenvalue weighted by atomic mass is 10.2. The van der Waals surface area contributed by atoms with Gasteiger partial charge in [0.25, 0.3) is 0 Å². The molecule has 0 unspecified atom stereocenters. The topological polar surface area (TPSA) is 75.9 Å². The fraction of sp³-hybridized carbons (Fsp3) is 0.286. The number of hydrogen-bond donors (Lipinski definition) is 3. The Hall–Kier alpha value is -2.28. The van der Waals surface area contributed by atoms with E-state index in [0.717, 1.165) is 12.5 Å². The first kappa shape index (κ1) is 15.1. The zero-order valence-electron chi connectivity index (χ0n) is 11.9. The molecule has 5 nitrogen and oxygen atoms in total. The number of nitrogens with one attached hydrogen (secondary N) is 2. The minimum atomic E-state index is -0.688. The Labute approximate surface area is 121 Å². The second-order valence-corrected chi connectivity index (χ2v) is 4.61. The van der Waals surface area contributed by atoms with Gasteiger partial charge in [-0.05, 0) is 25.5 Å². The molecule has 0 radical (unpaired) electrons. The summed E-state index contributed by atoms with van der Waals surface area (Å²) < 4.78 is 26.6. The maximum absolute atomic E-state index is 13.7. The number of aryl methyl sites for hydroxylation is 1. The zero-order valence-corrected chi connectivity index (χ0v) is 11.9. The predicted molar refractivity (Wildman–Crippen MR) is 78.2 cm³/mol. The quantitative estimate of drug-likeness (QED) is 0.583. The number of anilines is 3. The molecule has 0 atom stereocenters. The molecule has 0 saturated heterocycles. The van der Waals surface area contributed by atoms with Crippen LogP contribution >= 0.6 is 0 Å². The molecular weight excluding hydrogens is 276 g/mol. The van der Waals surface area contributed by atoms with Crippen molar-refractivity contribution in [2.75, 3.05) is 10.7 Å². The Bertz CT molecular complexity index is 646. The minimum absolute atomic E-state index is 0.142. The van der Waals surface area contributed by atoms with Gasteiger partial charge in [0.2, 0.25) is 0 Å². The molecule has 0 spiro atoms. The smallest absolute Gasteiger partial charge is 0.149 e. The molecule has 4 N–H and O–H groups in total. The summed E-state index contributed by atoms with van der Waals surface area (Å²) in [6.07, 6.45) is 1.55. The maximum Gasteiger partial charge on any atom is 0.149 e. The number of halogens is 2. The zero-order chi connectivity index (χ0) is 15.4. The average Bonchev–Trinajstić information content (AvgIpc) is 2.45. The summed E-state index contributed by atoms with van der Waals surface area (Å²) in [5, 5.41) is 2.85. The molecule has 0 fully saturated rings. The van der Waals surface area contributed by atoms with Crippen LogP contribution in [0.2, 0.25) is 0 Å². The molecule has 0 amide bonds. The van der Waals surface area contributed by atoms with Gasteiger partial charge in [-0.15, -0.1) is 0 Å². The van der Waals surface area contributed by atoms with Crippen molar-refractivity contribution in [1.82, 2.24) is 9.97 Å². The van der Waals surface area contributed by atoms with Crippen LogP contribution in [-0.4, -0.2) is 9.97 Å². The van der Waals surface area contributed by atoms with Crippen LogP contribution in [0, 0.1) is 18.6 Å². The molecule has 7 heteroatoms. The van der Waals surface area contributed by atoms with Crippen molar-refractivity contribution in [3.8, 4) is 0 Å². The summed E-state index contributed by atoms with van der Waals surface area (Å²) in [6.45, 7) is 3.76. The van der Waals surface area contributed by atoms with E-state index in [0.29, 0.717) is 29.4 Å². The van der Waals surface area contributed by atoms with Crippen molar-refractivity contribution >= 4 is 17.3 Å². The largest absolute Gasteiger partial charge is 0.337 e. The van der Waals surface area contributed by atoms with Crippen LogP contribution in [0.25, 0.3) is 0 Å². The van der Waals surface area contributed by atoms with E-state index in [2.05, 4.69) is 20.7 Å². The lowest BCUT2D eigenvalue weighted by molar-refractivity contribution is 0.586. The van der Waals surface area contributed by atoms with Gasteiger partial charge in [0.1, 0.15) is 29.1 Å². The molecule has 1 aromatic heterocycles. The number of nitrogens with zero attached hydrogens (tertiary/aromatic N) is 2. The maximum atomic E-state index is 13.7. The summed E-state index contributed by atoms with van der Waals surface area (Å²) in [5.74, 6) is 5.62. The van der Waals surface area contributed by atoms with Gasteiger partial charge in [-0.25, -0.2) is 24.6 Å². The van der Waals surface area contributed by atoms with Gasteiger partial charge >= 0.3 is 0 Å². The van der Waals surface area contributed by atoms with Crippen molar-refractivity contribution < 1.29 is 8.78 Å². The number of hydrazine groups is 1. The van der Waals surface area contributed by atoms with Crippen molar-refractivity contribution in [1.29, 1.82) is 0 Å². The predicted octanol–water partition coefficient (Wildman–Crippen LogP) is 3.04. The lowest BCUT2D eigenvalue weighted by Gasteiger charge is -2.14. The number of benzene rings is 1. The highest BCUT2D eigenvalue weighted by Gasteiger charge is 2.12. The molecule has 0 bridgehead atoms. The van der Waals surface area contributed by atoms with Crippen LogP contribution in [0.4, 0.5) is 26.1 Å². The standard InChI is InChI=1S/C14H17F2N5/c1-3-4-12-19-13(8(2)14(20-12)21-17)18-11-6-5-9(15)7-10(11)16/h5-7H,3-4,17H2,1-2H3,(H2,18,19,20,21). The van der Waals surface area contributed by atoms with Gasteiger partial charge in [-0.3, -0.25) is 0 Å². The highest BCUT2D eigenvalue weighted by atomic mass is 19.1. The SMILES string of the molecule is CCCc1nc(NN)c(C)c(Nc2ccc(F)cc2F)n1. The van der Waals surface area contributed by atoms with E-state index in [1.165, 1.54) is 12.1 Å². The molecule has 2 aromatic rings. The van der Waals surface area contributed by atoms with Gasteiger partial charge in [-0.2, -0.15) is 0 Å². The first-order valence-electron chi connectivity index (χ1n) is 6.61. The van der Waals surface area contributed by atoms with E-state index in [1.54, 1.807) is 6.92 Å². The summed E-state index contributed by atoms with van der Waals surface area (Å²) in [4.78, 5) is 8.63. The Morgan fingerprint density at radius 1 is 1.19 bits per heavy atom. The normalized spacial score (nSPS) is 10.5. The number of aromatic nitrogens is 2. The van der Waals surface area contributed by atoms with E-state index < -0.39 is 11.6 Å². The van der Waals surface area contributed by atoms with Crippen molar-refractivity contribution in [3.05, 3.63) is 41.2 Å².